The third-order valence-corrected chi connectivity index (χ3v) is 3.76. The SMILES string of the molecule is CCCCC(C)(NC(=O)OC(C)(C)C)c1cccc(Br)c1. The van der Waals surface area contributed by atoms with Crippen molar-refractivity contribution in [1.29, 1.82) is 0 Å². The van der Waals surface area contributed by atoms with Gasteiger partial charge in [0.15, 0.2) is 0 Å². The van der Waals surface area contributed by atoms with Crippen LogP contribution in [0.1, 0.15) is 59.4 Å². The maximum atomic E-state index is 12.2. The minimum atomic E-state index is -0.493. The van der Waals surface area contributed by atoms with E-state index in [9.17, 15) is 4.79 Å². The van der Waals surface area contributed by atoms with Crippen LogP contribution in [0, 0.1) is 0 Å². The Kier molecular flexibility index (Phi) is 6.26. The lowest BCUT2D eigenvalue weighted by molar-refractivity contribution is 0.0454. The van der Waals surface area contributed by atoms with Crippen molar-refractivity contribution < 1.29 is 9.53 Å². The Morgan fingerprint density at radius 2 is 1.95 bits per heavy atom. The Balaban J connectivity index is 2.96. The highest BCUT2D eigenvalue weighted by Crippen LogP contribution is 2.29. The highest BCUT2D eigenvalue weighted by atomic mass is 79.9. The molecule has 0 spiro atoms. The number of carbonyl (C=O) groups excluding carboxylic acids is 1. The molecule has 0 aliphatic heterocycles. The Morgan fingerprint density at radius 3 is 2.48 bits per heavy atom. The molecule has 1 N–H and O–H groups in total. The summed E-state index contributed by atoms with van der Waals surface area (Å²) in [6.07, 6.45) is 2.62. The quantitative estimate of drug-likeness (QED) is 0.769. The lowest BCUT2D eigenvalue weighted by Gasteiger charge is -2.33. The summed E-state index contributed by atoms with van der Waals surface area (Å²) in [5.41, 5.74) is 0.158. The predicted molar refractivity (Wildman–Crippen MR) is 90.4 cm³/mol. The van der Waals surface area contributed by atoms with Crippen LogP contribution < -0.4 is 5.32 Å². The number of nitrogens with one attached hydrogen (secondary N) is 1. The molecular weight excluding hydrogens is 330 g/mol. The van der Waals surface area contributed by atoms with E-state index in [0.717, 1.165) is 29.3 Å². The van der Waals surface area contributed by atoms with E-state index in [0.29, 0.717) is 0 Å². The van der Waals surface area contributed by atoms with Gasteiger partial charge in [-0.05, 0) is 51.8 Å². The molecule has 1 rings (SSSR count). The molecule has 4 heteroatoms. The molecule has 118 valence electrons. The molecule has 3 nitrogen and oxygen atoms in total. The van der Waals surface area contributed by atoms with Gasteiger partial charge in [-0.3, -0.25) is 0 Å². The summed E-state index contributed by atoms with van der Waals surface area (Å²) in [6, 6.07) is 8.06. The van der Waals surface area contributed by atoms with Crippen molar-refractivity contribution in [2.75, 3.05) is 0 Å². The number of benzene rings is 1. The lowest BCUT2D eigenvalue weighted by Crippen LogP contribution is -2.45. The van der Waals surface area contributed by atoms with E-state index < -0.39 is 11.1 Å². The molecule has 0 saturated carbocycles. The topological polar surface area (TPSA) is 38.3 Å². The van der Waals surface area contributed by atoms with Gasteiger partial charge in [-0.1, -0.05) is 47.8 Å². The van der Waals surface area contributed by atoms with Crippen molar-refractivity contribution in [3.8, 4) is 0 Å². The second-order valence-electron chi connectivity index (χ2n) is 6.57. The van der Waals surface area contributed by atoms with Crippen LogP contribution >= 0.6 is 15.9 Å². The average molecular weight is 356 g/mol. The normalized spacial score (nSPS) is 14.4. The summed E-state index contributed by atoms with van der Waals surface area (Å²) in [5.74, 6) is 0. The Morgan fingerprint density at radius 1 is 1.29 bits per heavy atom. The van der Waals surface area contributed by atoms with Crippen LogP contribution in [0.4, 0.5) is 4.79 Å². The largest absolute Gasteiger partial charge is 0.444 e. The predicted octanol–water partition coefficient (Wildman–Crippen LogP) is 5.38. The smallest absolute Gasteiger partial charge is 0.408 e. The summed E-state index contributed by atoms with van der Waals surface area (Å²) in [4.78, 5) is 12.2. The van der Waals surface area contributed by atoms with Gasteiger partial charge in [0.1, 0.15) is 5.60 Å². The molecule has 21 heavy (non-hydrogen) atoms. The Labute approximate surface area is 136 Å². The monoisotopic (exact) mass is 355 g/mol. The molecule has 1 aromatic carbocycles. The van der Waals surface area contributed by atoms with Gasteiger partial charge in [-0.25, -0.2) is 4.79 Å². The minimum Gasteiger partial charge on any atom is -0.444 e. The molecule has 1 aromatic rings. The van der Waals surface area contributed by atoms with Crippen molar-refractivity contribution >= 4 is 22.0 Å². The zero-order chi connectivity index (χ0) is 16.1. The van der Waals surface area contributed by atoms with E-state index in [-0.39, 0.29) is 6.09 Å². The highest BCUT2D eigenvalue weighted by Gasteiger charge is 2.30. The van der Waals surface area contributed by atoms with Gasteiger partial charge in [0.05, 0.1) is 5.54 Å². The third kappa shape index (κ3) is 6.08. The number of ether oxygens (including phenoxy) is 1. The van der Waals surface area contributed by atoms with E-state index in [4.69, 9.17) is 4.74 Å². The molecule has 0 radical (unpaired) electrons. The first-order valence-corrected chi connectivity index (χ1v) is 8.23. The summed E-state index contributed by atoms with van der Waals surface area (Å²) < 4.78 is 6.41. The van der Waals surface area contributed by atoms with Crippen LogP contribution in [0.3, 0.4) is 0 Å². The number of rotatable bonds is 5. The molecule has 0 aromatic heterocycles. The second kappa shape index (κ2) is 7.30. The average Bonchev–Trinajstić information content (AvgIpc) is 2.34. The van der Waals surface area contributed by atoms with E-state index in [1.807, 2.05) is 52.0 Å². The molecular formula is C17H26BrNO2. The van der Waals surface area contributed by atoms with Gasteiger partial charge in [-0.15, -0.1) is 0 Å². The van der Waals surface area contributed by atoms with Gasteiger partial charge >= 0.3 is 6.09 Å². The summed E-state index contributed by atoms with van der Waals surface area (Å²) in [7, 11) is 0. The fourth-order valence-electron chi connectivity index (χ4n) is 2.17. The van der Waals surface area contributed by atoms with Crippen LogP contribution in [-0.2, 0) is 10.3 Å². The van der Waals surface area contributed by atoms with Crippen LogP contribution in [0.5, 0.6) is 0 Å². The van der Waals surface area contributed by atoms with Crippen molar-refractivity contribution in [3.05, 3.63) is 34.3 Å². The summed E-state index contributed by atoms with van der Waals surface area (Å²) >= 11 is 3.49. The van der Waals surface area contributed by atoms with Crippen molar-refractivity contribution in [3.63, 3.8) is 0 Å². The highest BCUT2D eigenvalue weighted by molar-refractivity contribution is 9.10. The van der Waals surface area contributed by atoms with Gasteiger partial charge in [0.25, 0.3) is 0 Å². The maximum absolute atomic E-state index is 12.2. The minimum absolute atomic E-state index is 0.374. The third-order valence-electron chi connectivity index (χ3n) is 3.27. The van der Waals surface area contributed by atoms with Crippen LogP contribution in [-0.4, -0.2) is 11.7 Å². The van der Waals surface area contributed by atoms with Gasteiger partial charge in [0, 0.05) is 4.47 Å². The summed E-state index contributed by atoms with van der Waals surface area (Å²) in [5, 5.41) is 3.05. The van der Waals surface area contributed by atoms with Gasteiger partial charge in [0.2, 0.25) is 0 Å². The zero-order valence-electron chi connectivity index (χ0n) is 13.6. The number of alkyl carbamates (subject to hydrolysis) is 1. The Bertz CT molecular complexity index is 482. The lowest BCUT2D eigenvalue weighted by atomic mass is 9.87. The molecule has 1 unspecified atom stereocenters. The van der Waals surface area contributed by atoms with Crippen molar-refractivity contribution in [1.82, 2.24) is 5.32 Å². The van der Waals surface area contributed by atoms with E-state index in [2.05, 4.69) is 28.2 Å². The second-order valence-corrected chi connectivity index (χ2v) is 7.49. The fourth-order valence-corrected chi connectivity index (χ4v) is 2.57. The number of halogens is 1. The summed E-state index contributed by atoms with van der Waals surface area (Å²) in [6.45, 7) is 9.81. The van der Waals surface area contributed by atoms with Crippen LogP contribution in [0.25, 0.3) is 0 Å². The molecule has 0 bridgehead atoms. The van der Waals surface area contributed by atoms with Crippen molar-refractivity contribution in [2.45, 2.75) is 65.0 Å². The fraction of sp³-hybridized carbons (Fsp3) is 0.588. The number of carbonyl (C=O) groups is 1. The number of amides is 1. The number of hydrogen-bond acceptors (Lipinski definition) is 2. The first-order chi connectivity index (χ1) is 9.66. The van der Waals surface area contributed by atoms with E-state index in [1.165, 1.54) is 0 Å². The van der Waals surface area contributed by atoms with Crippen LogP contribution in [0.15, 0.2) is 28.7 Å². The first-order valence-electron chi connectivity index (χ1n) is 7.43. The molecule has 0 aliphatic rings. The molecule has 0 aliphatic carbocycles. The van der Waals surface area contributed by atoms with Crippen molar-refractivity contribution in [2.24, 2.45) is 0 Å². The van der Waals surface area contributed by atoms with Gasteiger partial charge < -0.3 is 10.1 Å². The zero-order valence-corrected chi connectivity index (χ0v) is 15.2. The van der Waals surface area contributed by atoms with Gasteiger partial charge in [-0.2, -0.15) is 0 Å². The molecule has 1 amide bonds. The van der Waals surface area contributed by atoms with E-state index in [1.54, 1.807) is 0 Å². The maximum Gasteiger partial charge on any atom is 0.408 e. The van der Waals surface area contributed by atoms with E-state index >= 15 is 0 Å². The number of unbranched alkanes of at least 4 members (excludes halogenated alkanes) is 1. The Hall–Kier alpha value is -1.03. The standard InChI is InChI=1S/C17H26BrNO2/c1-6-7-11-17(5,13-9-8-10-14(18)12-13)19-15(20)21-16(2,3)4/h8-10,12H,6-7,11H2,1-5H3,(H,19,20). The first kappa shape index (κ1) is 18.0. The molecule has 0 fully saturated rings. The molecule has 0 saturated heterocycles. The molecule has 1 atom stereocenters. The molecule has 0 heterocycles. The number of hydrogen-bond donors (Lipinski definition) is 1. The van der Waals surface area contributed by atoms with Crippen LogP contribution in [0.2, 0.25) is 0 Å².